The molecule has 1 N–H and O–H groups in total. The zero-order valence-electron chi connectivity index (χ0n) is 13.5. The van der Waals surface area contributed by atoms with Gasteiger partial charge in [-0.2, -0.15) is 0 Å². The van der Waals surface area contributed by atoms with Gasteiger partial charge in [0.05, 0.1) is 15.9 Å². The molecule has 8 heteroatoms. The van der Waals surface area contributed by atoms with Crippen LogP contribution in [0.5, 0.6) is 0 Å². The number of aromatic nitrogens is 1. The fourth-order valence-electron chi connectivity index (χ4n) is 1.99. The third-order valence-electron chi connectivity index (χ3n) is 2.97. The molecule has 2 heterocycles. The van der Waals surface area contributed by atoms with E-state index in [1.807, 2.05) is 19.3 Å². The molecule has 4 nitrogen and oxygen atoms in total. The molecule has 0 bridgehead atoms. The summed E-state index contributed by atoms with van der Waals surface area (Å²) in [6.45, 7) is 6.55. The van der Waals surface area contributed by atoms with Crippen molar-refractivity contribution in [2.24, 2.45) is 4.99 Å². The first-order chi connectivity index (χ1) is 10.6. The summed E-state index contributed by atoms with van der Waals surface area (Å²) in [5.74, 6) is 0.917. The van der Waals surface area contributed by atoms with E-state index in [1.165, 1.54) is 9.75 Å². The summed E-state index contributed by atoms with van der Waals surface area (Å²) in [6.07, 6.45) is 2.80. The molecule has 2 aromatic heterocycles. The standard InChI is InChI=1S/C15H21ClN4S2.HI/c1-4-17-15(18-8-7-14-19-9-11(2)21-14)20(3)10-12-5-6-13(16)22-12;/h5-6,9H,4,7-8,10H2,1-3H3,(H,17,18);1H. The van der Waals surface area contributed by atoms with Crippen molar-refractivity contribution in [1.29, 1.82) is 0 Å². The largest absolute Gasteiger partial charge is 0.357 e. The molecule has 0 spiro atoms. The quantitative estimate of drug-likeness (QED) is 0.375. The number of halogens is 2. The second kappa shape index (κ2) is 10.5. The van der Waals surface area contributed by atoms with Crippen molar-refractivity contribution in [2.75, 3.05) is 20.1 Å². The Morgan fingerprint density at radius 3 is 2.74 bits per heavy atom. The molecule has 2 aromatic rings. The molecular weight excluding hydrogens is 463 g/mol. The Labute approximate surface area is 168 Å². The predicted molar refractivity (Wildman–Crippen MR) is 113 cm³/mol. The van der Waals surface area contributed by atoms with Gasteiger partial charge in [0.25, 0.3) is 0 Å². The van der Waals surface area contributed by atoms with E-state index < -0.39 is 0 Å². The van der Waals surface area contributed by atoms with Crippen molar-refractivity contribution in [3.8, 4) is 0 Å². The molecule has 0 saturated heterocycles. The van der Waals surface area contributed by atoms with Gasteiger partial charge in [-0.1, -0.05) is 11.6 Å². The van der Waals surface area contributed by atoms with Gasteiger partial charge in [-0.05, 0) is 26.0 Å². The van der Waals surface area contributed by atoms with Crippen LogP contribution >= 0.6 is 58.3 Å². The molecule has 2 rings (SSSR count). The van der Waals surface area contributed by atoms with Gasteiger partial charge in [-0.3, -0.25) is 4.99 Å². The van der Waals surface area contributed by atoms with Crippen LogP contribution < -0.4 is 5.32 Å². The molecular formula is C15H22ClIN4S2. The number of guanidine groups is 1. The lowest BCUT2D eigenvalue weighted by atomic mass is 10.4. The number of nitrogens with zero attached hydrogens (tertiary/aromatic N) is 3. The fourth-order valence-corrected chi connectivity index (χ4v) is 3.91. The number of thiazole rings is 1. The van der Waals surface area contributed by atoms with E-state index in [-0.39, 0.29) is 24.0 Å². The Kier molecular flexibility index (Phi) is 9.41. The van der Waals surface area contributed by atoms with Crippen LogP contribution in [-0.2, 0) is 13.0 Å². The lowest BCUT2D eigenvalue weighted by molar-refractivity contribution is 0.481. The third-order valence-corrected chi connectivity index (χ3v) is 5.16. The van der Waals surface area contributed by atoms with Crippen LogP contribution in [-0.4, -0.2) is 36.0 Å². The van der Waals surface area contributed by atoms with Crippen LogP contribution in [0.25, 0.3) is 0 Å². The van der Waals surface area contributed by atoms with Crippen molar-refractivity contribution < 1.29 is 0 Å². The first-order valence-corrected chi connectivity index (χ1v) is 9.24. The van der Waals surface area contributed by atoms with Crippen LogP contribution in [0, 0.1) is 6.92 Å². The monoisotopic (exact) mass is 484 g/mol. The van der Waals surface area contributed by atoms with Crippen LogP contribution in [0.2, 0.25) is 4.34 Å². The minimum Gasteiger partial charge on any atom is -0.357 e. The van der Waals surface area contributed by atoms with Gasteiger partial charge in [0.2, 0.25) is 0 Å². The van der Waals surface area contributed by atoms with E-state index in [4.69, 9.17) is 16.6 Å². The Hall–Kier alpha value is -0.380. The van der Waals surface area contributed by atoms with Crippen molar-refractivity contribution in [3.63, 3.8) is 0 Å². The lowest BCUT2D eigenvalue weighted by Gasteiger charge is -2.21. The molecule has 0 amide bonds. The zero-order chi connectivity index (χ0) is 15.9. The van der Waals surface area contributed by atoms with Crippen LogP contribution in [0.4, 0.5) is 0 Å². The Morgan fingerprint density at radius 2 is 2.17 bits per heavy atom. The fraction of sp³-hybridized carbons (Fsp3) is 0.467. The number of nitrogens with one attached hydrogen (secondary N) is 1. The minimum absolute atomic E-state index is 0. The molecule has 23 heavy (non-hydrogen) atoms. The average molecular weight is 485 g/mol. The maximum atomic E-state index is 5.99. The highest BCUT2D eigenvalue weighted by atomic mass is 127. The maximum absolute atomic E-state index is 5.99. The number of aliphatic imine (C=N–C) groups is 1. The van der Waals surface area contributed by atoms with Crippen molar-refractivity contribution >= 4 is 64.2 Å². The van der Waals surface area contributed by atoms with Gasteiger partial charge in [0, 0.05) is 42.5 Å². The zero-order valence-corrected chi connectivity index (χ0v) is 18.2. The minimum atomic E-state index is 0. The van der Waals surface area contributed by atoms with Gasteiger partial charge in [0.1, 0.15) is 0 Å². The normalized spacial score (nSPS) is 11.2. The summed E-state index contributed by atoms with van der Waals surface area (Å²) >= 11 is 9.33. The topological polar surface area (TPSA) is 40.5 Å². The highest BCUT2D eigenvalue weighted by Gasteiger charge is 2.08. The summed E-state index contributed by atoms with van der Waals surface area (Å²) in [4.78, 5) is 13.7. The molecule has 0 aromatic carbocycles. The second-order valence-corrected chi connectivity index (χ2v) is 8.03. The molecule has 0 aliphatic carbocycles. The van der Waals surface area contributed by atoms with E-state index in [2.05, 4.69) is 35.1 Å². The van der Waals surface area contributed by atoms with Crippen molar-refractivity contribution in [1.82, 2.24) is 15.2 Å². The molecule has 0 unspecified atom stereocenters. The maximum Gasteiger partial charge on any atom is 0.193 e. The summed E-state index contributed by atoms with van der Waals surface area (Å²) < 4.78 is 0.824. The third kappa shape index (κ3) is 6.94. The van der Waals surface area contributed by atoms with Crippen molar-refractivity contribution in [2.45, 2.75) is 26.8 Å². The Bertz CT molecular complexity index is 627. The van der Waals surface area contributed by atoms with E-state index in [1.54, 1.807) is 22.7 Å². The molecule has 0 saturated carbocycles. The van der Waals surface area contributed by atoms with Crippen LogP contribution in [0.1, 0.15) is 21.7 Å². The Balaban J connectivity index is 0.00000264. The highest BCUT2D eigenvalue weighted by Crippen LogP contribution is 2.22. The lowest BCUT2D eigenvalue weighted by Crippen LogP contribution is -2.38. The number of hydrogen-bond acceptors (Lipinski definition) is 4. The van der Waals surface area contributed by atoms with Gasteiger partial charge >= 0.3 is 0 Å². The summed E-state index contributed by atoms with van der Waals surface area (Å²) in [5.41, 5.74) is 0. The van der Waals surface area contributed by atoms with Gasteiger partial charge < -0.3 is 10.2 Å². The SMILES string of the molecule is CCNC(=NCCc1ncc(C)s1)N(C)Cc1ccc(Cl)s1.I. The average Bonchev–Trinajstić information content (AvgIpc) is 3.06. The summed E-state index contributed by atoms with van der Waals surface area (Å²) in [6, 6.07) is 4.00. The number of rotatable bonds is 6. The van der Waals surface area contributed by atoms with E-state index >= 15 is 0 Å². The first kappa shape index (κ1) is 20.7. The van der Waals surface area contributed by atoms with Gasteiger partial charge in [0.15, 0.2) is 5.96 Å². The summed E-state index contributed by atoms with van der Waals surface area (Å²) in [7, 11) is 2.04. The van der Waals surface area contributed by atoms with E-state index in [9.17, 15) is 0 Å². The second-order valence-electron chi connectivity index (χ2n) is 4.91. The van der Waals surface area contributed by atoms with Crippen LogP contribution in [0.3, 0.4) is 0 Å². The smallest absolute Gasteiger partial charge is 0.193 e. The number of aryl methyl sites for hydroxylation is 1. The molecule has 0 aliphatic rings. The predicted octanol–water partition coefficient (Wildman–Crippen LogP) is 4.42. The van der Waals surface area contributed by atoms with Gasteiger partial charge in [-0.15, -0.1) is 46.7 Å². The number of thiophene rings is 1. The number of hydrogen-bond donors (Lipinski definition) is 1. The Morgan fingerprint density at radius 1 is 1.39 bits per heavy atom. The van der Waals surface area contributed by atoms with Crippen LogP contribution in [0.15, 0.2) is 23.3 Å². The highest BCUT2D eigenvalue weighted by molar-refractivity contribution is 14.0. The molecule has 0 atom stereocenters. The molecule has 128 valence electrons. The van der Waals surface area contributed by atoms with E-state index in [0.717, 1.165) is 41.4 Å². The summed E-state index contributed by atoms with van der Waals surface area (Å²) in [5, 5.41) is 4.47. The van der Waals surface area contributed by atoms with E-state index in [0.29, 0.717) is 0 Å². The molecule has 0 aliphatic heterocycles. The first-order valence-electron chi connectivity index (χ1n) is 7.23. The van der Waals surface area contributed by atoms with Crippen molar-refractivity contribution in [3.05, 3.63) is 37.4 Å². The van der Waals surface area contributed by atoms with Gasteiger partial charge in [-0.25, -0.2) is 4.98 Å². The molecule has 0 radical (unpaired) electrons. The molecule has 0 fully saturated rings.